The summed E-state index contributed by atoms with van der Waals surface area (Å²) in [6.07, 6.45) is 3.39. The molecular formula is C24H31FN2O4S2. The van der Waals surface area contributed by atoms with E-state index in [1.54, 1.807) is 6.92 Å². The van der Waals surface area contributed by atoms with Crippen molar-refractivity contribution in [1.82, 2.24) is 10.2 Å². The van der Waals surface area contributed by atoms with Crippen molar-refractivity contribution in [3.05, 3.63) is 65.5 Å². The van der Waals surface area contributed by atoms with Gasteiger partial charge in [0.25, 0.3) is 0 Å². The summed E-state index contributed by atoms with van der Waals surface area (Å²) in [6, 6.07) is 13.1. The van der Waals surface area contributed by atoms with Crippen LogP contribution in [-0.4, -0.2) is 64.2 Å². The number of rotatable bonds is 7. The minimum absolute atomic E-state index is 0.00821. The lowest BCUT2D eigenvalue weighted by Gasteiger charge is -2.36. The van der Waals surface area contributed by atoms with Gasteiger partial charge in [-0.15, -0.1) is 0 Å². The van der Waals surface area contributed by atoms with E-state index in [2.05, 4.69) is 10.2 Å². The smallest absolute Gasteiger partial charge is 0.186 e. The van der Waals surface area contributed by atoms with Gasteiger partial charge in [0.1, 0.15) is 10.7 Å². The first-order valence-electron chi connectivity index (χ1n) is 11.4. The molecule has 0 amide bonds. The monoisotopic (exact) mass is 494 g/mol. The molecule has 0 aliphatic carbocycles. The second kappa shape index (κ2) is 9.82. The van der Waals surface area contributed by atoms with Gasteiger partial charge in [0, 0.05) is 18.6 Å². The number of hydrogen-bond acceptors (Lipinski definition) is 6. The lowest BCUT2D eigenvalue weighted by molar-refractivity contribution is 0.158. The van der Waals surface area contributed by atoms with Gasteiger partial charge in [0.05, 0.1) is 16.8 Å². The van der Waals surface area contributed by atoms with Crippen molar-refractivity contribution >= 4 is 19.7 Å². The van der Waals surface area contributed by atoms with Crippen LogP contribution in [0.3, 0.4) is 0 Å². The molecule has 3 atom stereocenters. The van der Waals surface area contributed by atoms with E-state index in [9.17, 15) is 21.2 Å². The van der Waals surface area contributed by atoms with Crippen LogP contribution in [-0.2, 0) is 19.7 Å². The number of likely N-dealkylation sites (tertiary alicyclic amines) is 1. The third-order valence-corrected chi connectivity index (χ3v) is 10.8. The zero-order chi connectivity index (χ0) is 23.6. The van der Waals surface area contributed by atoms with Crippen molar-refractivity contribution in [2.75, 3.05) is 31.1 Å². The highest BCUT2D eigenvalue weighted by atomic mass is 32.2. The van der Waals surface area contributed by atoms with Crippen LogP contribution in [0.25, 0.3) is 0 Å². The van der Waals surface area contributed by atoms with E-state index in [4.69, 9.17) is 0 Å². The summed E-state index contributed by atoms with van der Waals surface area (Å²) in [5.41, 5.74) is 1.71. The van der Waals surface area contributed by atoms with Crippen LogP contribution in [0.15, 0.2) is 53.4 Å². The molecule has 1 unspecified atom stereocenters. The number of benzene rings is 2. The Morgan fingerprint density at radius 3 is 2.45 bits per heavy atom. The highest BCUT2D eigenvalue weighted by Crippen LogP contribution is 2.30. The minimum Gasteiger partial charge on any atom is -0.310 e. The van der Waals surface area contributed by atoms with E-state index in [1.807, 2.05) is 30.3 Å². The van der Waals surface area contributed by atoms with Crippen LogP contribution in [0.1, 0.15) is 36.4 Å². The molecule has 0 spiro atoms. The number of nitrogens with one attached hydrogen (secondary N) is 1. The van der Waals surface area contributed by atoms with Crippen molar-refractivity contribution < 1.29 is 21.2 Å². The molecule has 2 aliphatic rings. The standard InChI is InChI=1S/C24H31FN2O4S2/c1-18-10-11-20(25)23(14-18)33(30,31)24-17-32(28,29)16-21(24)26-15-22(19-8-4-2-5-9-19)27-12-6-3-7-13-27/h2,4-5,8-11,14,21-22,24,26H,3,6-7,12-13,15-17H2,1H3/t21-,22?,24-/m0/s1. The van der Waals surface area contributed by atoms with Crippen LogP contribution in [0.5, 0.6) is 0 Å². The van der Waals surface area contributed by atoms with E-state index >= 15 is 0 Å². The van der Waals surface area contributed by atoms with Crippen LogP contribution in [0, 0.1) is 12.7 Å². The number of halogens is 1. The van der Waals surface area contributed by atoms with E-state index < -0.39 is 47.4 Å². The molecule has 2 aromatic rings. The van der Waals surface area contributed by atoms with Crippen molar-refractivity contribution in [2.24, 2.45) is 0 Å². The number of aryl methyl sites for hydroxylation is 1. The van der Waals surface area contributed by atoms with Crippen molar-refractivity contribution in [2.45, 2.75) is 48.4 Å². The first-order valence-corrected chi connectivity index (χ1v) is 14.8. The van der Waals surface area contributed by atoms with Crippen LogP contribution < -0.4 is 5.32 Å². The van der Waals surface area contributed by atoms with Gasteiger partial charge < -0.3 is 5.32 Å². The maximum absolute atomic E-state index is 14.5. The Morgan fingerprint density at radius 1 is 1.06 bits per heavy atom. The van der Waals surface area contributed by atoms with E-state index in [1.165, 1.54) is 18.6 Å². The highest BCUT2D eigenvalue weighted by Gasteiger charge is 2.46. The van der Waals surface area contributed by atoms with Gasteiger partial charge in [-0.2, -0.15) is 0 Å². The maximum Gasteiger partial charge on any atom is 0.186 e. The van der Waals surface area contributed by atoms with Gasteiger partial charge in [-0.25, -0.2) is 21.2 Å². The van der Waals surface area contributed by atoms with Gasteiger partial charge >= 0.3 is 0 Å². The lowest BCUT2D eigenvalue weighted by Crippen LogP contribution is -2.47. The number of hydrogen-bond donors (Lipinski definition) is 1. The minimum atomic E-state index is -4.18. The number of nitrogens with zero attached hydrogens (tertiary/aromatic N) is 1. The van der Waals surface area contributed by atoms with E-state index in [-0.39, 0.29) is 11.8 Å². The lowest BCUT2D eigenvalue weighted by atomic mass is 10.0. The van der Waals surface area contributed by atoms with Crippen molar-refractivity contribution in [1.29, 1.82) is 0 Å². The first-order chi connectivity index (χ1) is 15.7. The highest BCUT2D eigenvalue weighted by molar-refractivity contribution is 7.96. The van der Waals surface area contributed by atoms with Gasteiger partial charge in [-0.05, 0) is 56.1 Å². The second-order valence-corrected chi connectivity index (χ2v) is 13.4. The summed E-state index contributed by atoms with van der Waals surface area (Å²) in [6.45, 7) is 4.00. The zero-order valence-corrected chi connectivity index (χ0v) is 20.4. The summed E-state index contributed by atoms with van der Waals surface area (Å²) >= 11 is 0. The number of sulfone groups is 2. The predicted molar refractivity (Wildman–Crippen MR) is 127 cm³/mol. The molecule has 2 aliphatic heterocycles. The molecule has 0 bridgehead atoms. The van der Waals surface area contributed by atoms with Crippen molar-refractivity contribution in [3.63, 3.8) is 0 Å². The Morgan fingerprint density at radius 2 is 1.76 bits per heavy atom. The van der Waals surface area contributed by atoms with Gasteiger partial charge in [0.2, 0.25) is 0 Å². The number of piperidine rings is 1. The fraction of sp³-hybridized carbons (Fsp3) is 0.500. The van der Waals surface area contributed by atoms with Crippen LogP contribution >= 0.6 is 0 Å². The molecule has 0 saturated carbocycles. The van der Waals surface area contributed by atoms with Crippen molar-refractivity contribution in [3.8, 4) is 0 Å². The molecular weight excluding hydrogens is 463 g/mol. The zero-order valence-electron chi connectivity index (χ0n) is 18.8. The average molecular weight is 495 g/mol. The first kappa shape index (κ1) is 24.3. The molecule has 33 heavy (non-hydrogen) atoms. The van der Waals surface area contributed by atoms with Gasteiger partial charge in [-0.1, -0.05) is 42.8 Å². The predicted octanol–water partition coefficient (Wildman–Crippen LogP) is 2.89. The molecule has 180 valence electrons. The Hall–Kier alpha value is -1.81. The van der Waals surface area contributed by atoms with Crippen LogP contribution in [0.4, 0.5) is 4.39 Å². The molecule has 2 saturated heterocycles. The molecule has 2 heterocycles. The molecule has 4 rings (SSSR count). The molecule has 0 aromatic heterocycles. The quantitative estimate of drug-likeness (QED) is 0.637. The summed E-state index contributed by atoms with van der Waals surface area (Å²) < 4.78 is 66.2. The Balaban J connectivity index is 1.60. The Bertz CT molecular complexity index is 1180. The summed E-state index contributed by atoms with van der Waals surface area (Å²) in [7, 11) is -7.75. The van der Waals surface area contributed by atoms with Gasteiger partial charge in [-0.3, -0.25) is 4.90 Å². The molecule has 2 fully saturated rings. The topological polar surface area (TPSA) is 83.5 Å². The van der Waals surface area contributed by atoms with Crippen LogP contribution in [0.2, 0.25) is 0 Å². The molecule has 6 nitrogen and oxygen atoms in total. The average Bonchev–Trinajstić information content (AvgIpc) is 3.12. The third kappa shape index (κ3) is 5.48. The third-order valence-electron chi connectivity index (χ3n) is 6.68. The molecule has 2 aromatic carbocycles. The summed E-state index contributed by atoms with van der Waals surface area (Å²) in [5, 5.41) is 2.05. The second-order valence-electron chi connectivity index (χ2n) is 9.13. The summed E-state index contributed by atoms with van der Waals surface area (Å²) in [5.74, 6) is -1.62. The maximum atomic E-state index is 14.5. The van der Waals surface area contributed by atoms with Gasteiger partial charge in [0.15, 0.2) is 19.7 Å². The van der Waals surface area contributed by atoms with E-state index in [0.29, 0.717) is 12.1 Å². The van der Waals surface area contributed by atoms with E-state index in [0.717, 1.165) is 37.6 Å². The molecule has 0 radical (unpaired) electrons. The fourth-order valence-electron chi connectivity index (χ4n) is 4.93. The summed E-state index contributed by atoms with van der Waals surface area (Å²) in [4.78, 5) is 1.95. The molecule has 1 N–H and O–H groups in total. The Labute approximate surface area is 196 Å². The Kier molecular flexibility index (Phi) is 7.23. The largest absolute Gasteiger partial charge is 0.310 e. The fourth-order valence-corrected chi connectivity index (χ4v) is 9.80. The normalized spacial score (nSPS) is 24.5. The SMILES string of the molecule is Cc1ccc(F)c(S(=O)(=O)[C@H]2CS(=O)(=O)C[C@@H]2NCC(c2ccccc2)N2CCCCC2)c1. The molecule has 9 heteroatoms.